The molecule has 0 aromatic carbocycles. The van der Waals surface area contributed by atoms with Crippen molar-refractivity contribution in [3.05, 3.63) is 23.3 Å². The zero-order valence-electron chi connectivity index (χ0n) is 13.4. The maximum Gasteiger partial charge on any atom is 0.331 e. The maximum atomic E-state index is 12.0. The summed E-state index contributed by atoms with van der Waals surface area (Å²) in [5, 5.41) is 37.4. The predicted octanol–water partition coefficient (Wildman–Crippen LogP) is -0.969. The van der Waals surface area contributed by atoms with Gasteiger partial charge in [0.05, 0.1) is 12.7 Å². The zero-order valence-corrected chi connectivity index (χ0v) is 13.4. The second-order valence-corrected chi connectivity index (χ2v) is 6.20. The Labute approximate surface area is 143 Å². The van der Waals surface area contributed by atoms with Crippen LogP contribution in [0.1, 0.15) is 19.3 Å². The van der Waals surface area contributed by atoms with E-state index in [1.54, 1.807) is 0 Å². The normalized spacial score (nSPS) is 29.2. The fourth-order valence-corrected chi connectivity index (χ4v) is 3.34. The average Bonchev–Trinajstić information content (AvgIpc) is 2.87. The molecule has 5 atom stereocenters. The second kappa shape index (κ2) is 7.77. The molecule has 0 spiro atoms. The highest BCUT2D eigenvalue weighted by Crippen LogP contribution is 2.43. The first kappa shape index (κ1) is 19.1. The Kier molecular flexibility index (Phi) is 5.93. The minimum Gasteiger partial charge on any atom is -0.481 e. The fourth-order valence-electron chi connectivity index (χ4n) is 3.34. The summed E-state index contributed by atoms with van der Waals surface area (Å²) in [5.41, 5.74) is 6.01. The molecule has 9 heteroatoms. The highest BCUT2D eigenvalue weighted by atomic mass is 16.5. The third kappa shape index (κ3) is 4.25. The van der Waals surface area contributed by atoms with Gasteiger partial charge < -0.3 is 30.9 Å². The Hall–Kier alpha value is -2.23. The summed E-state index contributed by atoms with van der Waals surface area (Å²) >= 11 is 0. The van der Waals surface area contributed by atoms with Crippen LogP contribution >= 0.6 is 0 Å². The number of aliphatic hydroxyl groups is 2. The Morgan fingerprint density at radius 2 is 1.96 bits per heavy atom. The van der Waals surface area contributed by atoms with Crippen LogP contribution in [-0.4, -0.2) is 63.2 Å². The van der Waals surface area contributed by atoms with Gasteiger partial charge in [-0.3, -0.25) is 9.59 Å². The molecule has 138 valence electrons. The van der Waals surface area contributed by atoms with E-state index in [0.29, 0.717) is 5.57 Å². The van der Waals surface area contributed by atoms with Gasteiger partial charge in [-0.05, 0) is 30.4 Å². The number of hydrogen-bond donors (Lipinski definition) is 5. The van der Waals surface area contributed by atoms with Crippen molar-refractivity contribution in [3.63, 3.8) is 0 Å². The molecule has 0 fully saturated rings. The number of hydrogen-bond acceptors (Lipinski definition) is 7. The van der Waals surface area contributed by atoms with E-state index in [-0.39, 0.29) is 31.4 Å². The van der Waals surface area contributed by atoms with Gasteiger partial charge in [0, 0.05) is 17.9 Å². The highest BCUT2D eigenvalue weighted by Gasteiger charge is 2.45. The third-order valence-electron chi connectivity index (χ3n) is 4.54. The van der Waals surface area contributed by atoms with E-state index in [1.807, 2.05) is 0 Å². The van der Waals surface area contributed by atoms with Crippen molar-refractivity contribution in [2.75, 3.05) is 6.61 Å². The lowest BCUT2D eigenvalue weighted by atomic mass is 9.76. The number of rotatable bonds is 7. The topological polar surface area (TPSA) is 167 Å². The van der Waals surface area contributed by atoms with Crippen molar-refractivity contribution in [2.24, 2.45) is 17.6 Å². The minimum absolute atomic E-state index is 0.0830. The lowest BCUT2D eigenvalue weighted by molar-refractivity contribution is -0.150. The van der Waals surface area contributed by atoms with Gasteiger partial charge in [0.25, 0.3) is 0 Å². The predicted molar refractivity (Wildman–Crippen MR) is 83.2 cm³/mol. The quantitative estimate of drug-likeness (QED) is 0.285. The van der Waals surface area contributed by atoms with Gasteiger partial charge in [0.2, 0.25) is 0 Å². The van der Waals surface area contributed by atoms with Gasteiger partial charge in [-0.2, -0.15) is 0 Å². The zero-order chi connectivity index (χ0) is 18.7. The first-order valence-electron chi connectivity index (χ1n) is 7.87. The molecule has 2 aliphatic rings. The number of ether oxygens (including phenoxy) is 1. The highest BCUT2D eigenvalue weighted by molar-refractivity contribution is 5.88. The smallest absolute Gasteiger partial charge is 0.331 e. The van der Waals surface area contributed by atoms with Crippen LogP contribution in [-0.2, 0) is 19.1 Å². The monoisotopic (exact) mass is 355 g/mol. The van der Waals surface area contributed by atoms with Crippen LogP contribution in [0.15, 0.2) is 23.3 Å². The molecule has 25 heavy (non-hydrogen) atoms. The van der Waals surface area contributed by atoms with Gasteiger partial charge in [0.15, 0.2) is 0 Å². The number of aliphatic carboxylic acids is 2. The molecule has 0 saturated heterocycles. The van der Waals surface area contributed by atoms with Crippen molar-refractivity contribution >= 4 is 17.9 Å². The van der Waals surface area contributed by atoms with E-state index in [9.17, 15) is 29.7 Å². The molecule has 0 saturated carbocycles. The summed E-state index contributed by atoms with van der Waals surface area (Å²) in [6, 6.07) is -1.13. The van der Waals surface area contributed by atoms with Crippen molar-refractivity contribution < 1.29 is 39.5 Å². The molecule has 0 radical (unpaired) electrons. The van der Waals surface area contributed by atoms with Crippen molar-refractivity contribution in [1.29, 1.82) is 0 Å². The summed E-state index contributed by atoms with van der Waals surface area (Å²) in [5.74, 6) is -4.30. The molecule has 0 aromatic rings. The van der Waals surface area contributed by atoms with Crippen molar-refractivity contribution in [2.45, 2.75) is 37.5 Å². The lowest BCUT2D eigenvalue weighted by Gasteiger charge is -2.33. The van der Waals surface area contributed by atoms with Gasteiger partial charge in [-0.1, -0.05) is 6.08 Å². The Morgan fingerprint density at radius 3 is 2.52 bits per heavy atom. The van der Waals surface area contributed by atoms with Crippen LogP contribution in [0.2, 0.25) is 0 Å². The summed E-state index contributed by atoms with van der Waals surface area (Å²) in [6.07, 6.45) is 0.619. The van der Waals surface area contributed by atoms with Crippen molar-refractivity contribution in [1.82, 2.24) is 0 Å². The van der Waals surface area contributed by atoms with Gasteiger partial charge >= 0.3 is 17.9 Å². The molecular formula is C16H21NO8. The van der Waals surface area contributed by atoms with Crippen LogP contribution in [0, 0.1) is 11.8 Å². The first-order chi connectivity index (χ1) is 11.7. The number of nitrogens with two attached hydrogens (primary N) is 1. The molecule has 0 heterocycles. The third-order valence-corrected chi connectivity index (χ3v) is 4.54. The van der Waals surface area contributed by atoms with Crippen LogP contribution in [0.3, 0.4) is 0 Å². The standard InChI is InChI=1S/C16H21NO8/c17-11(1-2-13(20)21)16(24)25-8-4-9-7(6-18)3-12(19)14(9)10(5-8)15(22)23/h3,5,8-9,11-12,14,18-19H,1-2,4,6,17H2,(H,20,21)(H,22,23)/t8-,9+,11-,12-,14-/m0/s1. The van der Waals surface area contributed by atoms with Crippen molar-refractivity contribution in [3.8, 4) is 0 Å². The van der Waals surface area contributed by atoms with E-state index >= 15 is 0 Å². The number of esters is 1. The summed E-state index contributed by atoms with van der Waals surface area (Å²) in [4.78, 5) is 34.0. The molecule has 0 aromatic heterocycles. The molecule has 2 rings (SSSR count). The van der Waals surface area contributed by atoms with Gasteiger partial charge in [0.1, 0.15) is 12.1 Å². The number of fused-ring (bicyclic) bond motifs is 1. The summed E-state index contributed by atoms with van der Waals surface area (Å²) < 4.78 is 5.22. The molecule has 2 aliphatic carbocycles. The number of carboxylic acid groups (broad SMARTS) is 2. The first-order valence-corrected chi connectivity index (χ1v) is 7.87. The Balaban J connectivity index is 2.12. The molecule has 0 bridgehead atoms. The van der Waals surface area contributed by atoms with Crippen LogP contribution < -0.4 is 5.73 Å². The van der Waals surface area contributed by atoms with E-state index in [4.69, 9.17) is 15.6 Å². The van der Waals surface area contributed by atoms with Gasteiger partial charge in [-0.15, -0.1) is 0 Å². The van der Waals surface area contributed by atoms with Crippen LogP contribution in [0.5, 0.6) is 0 Å². The molecular weight excluding hydrogens is 334 g/mol. The average molecular weight is 355 g/mol. The minimum atomic E-state index is -1.24. The Bertz CT molecular complexity index is 626. The van der Waals surface area contributed by atoms with Crippen LogP contribution in [0.4, 0.5) is 0 Å². The molecule has 0 aliphatic heterocycles. The number of carbonyl (C=O) groups excluding carboxylic acids is 1. The number of aliphatic hydroxyl groups excluding tert-OH is 2. The second-order valence-electron chi connectivity index (χ2n) is 6.20. The lowest BCUT2D eigenvalue weighted by Crippen LogP contribution is -2.39. The largest absolute Gasteiger partial charge is 0.481 e. The number of carboxylic acids is 2. The van der Waals surface area contributed by atoms with E-state index in [2.05, 4.69) is 0 Å². The summed E-state index contributed by atoms with van der Waals surface area (Å²) in [7, 11) is 0. The maximum absolute atomic E-state index is 12.0. The Morgan fingerprint density at radius 1 is 1.28 bits per heavy atom. The van der Waals surface area contributed by atoms with E-state index < -0.39 is 48.0 Å². The molecule has 0 unspecified atom stereocenters. The van der Waals surface area contributed by atoms with E-state index in [0.717, 1.165) is 0 Å². The summed E-state index contributed by atoms with van der Waals surface area (Å²) in [6.45, 7) is -0.329. The number of carbonyl (C=O) groups is 3. The molecule has 9 nitrogen and oxygen atoms in total. The molecule has 0 amide bonds. The van der Waals surface area contributed by atoms with Crippen LogP contribution in [0.25, 0.3) is 0 Å². The van der Waals surface area contributed by atoms with E-state index in [1.165, 1.54) is 12.2 Å². The fraction of sp³-hybridized carbons (Fsp3) is 0.562. The van der Waals surface area contributed by atoms with Gasteiger partial charge in [-0.25, -0.2) is 4.79 Å². The molecule has 6 N–H and O–H groups in total. The SMILES string of the molecule is N[C@@H](CCC(=O)O)C(=O)O[C@@H]1C=C(C(=O)O)[C@@H]2[C@H](C1)C(CO)=C[C@@H]2O.